The van der Waals surface area contributed by atoms with Crippen LogP contribution in [0.25, 0.3) is 0 Å². The number of fused-ring (bicyclic) bond motifs is 2. The molecular formula is C16H6Cl2F8O2. The maximum atomic E-state index is 12.9. The van der Waals surface area contributed by atoms with E-state index >= 15 is 0 Å². The standard InChI is InChI=1S/C8H2Cl2F4O.C8H4F4O/c9-5-1-3-4(2-6(5)10)8(13,14)15-7(3,11)12;9-7(10)5-3-1-2-4-6(5)8(11,12)13-7/h1-2H;1-4H. The average Bonchev–Trinajstić information content (AvgIpc) is 2.85. The van der Waals surface area contributed by atoms with E-state index in [0.717, 1.165) is 12.1 Å². The van der Waals surface area contributed by atoms with Crippen molar-refractivity contribution in [2.45, 2.75) is 24.4 Å². The second-order valence-corrected chi connectivity index (χ2v) is 6.44. The van der Waals surface area contributed by atoms with E-state index in [1.54, 1.807) is 0 Å². The molecule has 2 aromatic carbocycles. The zero-order chi connectivity index (χ0) is 21.1. The highest BCUT2D eigenvalue weighted by molar-refractivity contribution is 6.42. The third-order valence-electron chi connectivity index (χ3n) is 3.75. The maximum absolute atomic E-state index is 12.9. The molecule has 4 rings (SSSR count). The van der Waals surface area contributed by atoms with E-state index in [1.807, 2.05) is 0 Å². The van der Waals surface area contributed by atoms with Gasteiger partial charge in [0.25, 0.3) is 0 Å². The lowest BCUT2D eigenvalue weighted by molar-refractivity contribution is -0.370. The Morgan fingerprint density at radius 3 is 1.14 bits per heavy atom. The molecule has 0 fully saturated rings. The summed E-state index contributed by atoms with van der Waals surface area (Å²) in [6, 6.07) is 5.74. The summed E-state index contributed by atoms with van der Waals surface area (Å²) in [6.07, 6.45) is -15.9. The molecule has 0 amide bonds. The van der Waals surface area contributed by atoms with E-state index in [2.05, 4.69) is 9.47 Å². The summed E-state index contributed by atoms with van der Waals surface area (Å²) in [6.45, 7) is 0. The lowest BCUT2D eigenvalue weighted by Gasteiger charge is -2.10. The number of hydrogen-bond donors (Lipinski definition) is 0. The van der Waals surface area contributed by atoms with Crippen molar-refractivity contribution in [3.8, 4) is 0 Å². The van der Waals surface area contributed by atoms with Crippen molar-refractivity contribution in [2.75, 3.05) is 0 Å². The van der Waals surface area contributed by atoms with Gasteiger partial charge in [-0.25, -0.2) is 9.47 Å². The summed E-state index contributed by atoms with van der Waals surface area (Å²) in [4.78, 5) is 0. The van der Waals surface area contributed by atoms with Gasteiger partial charge in [0.2, 0.25) is 0 Å². The molecule has 12 heteroatoms. The van der Waals surface area contributed by atoms with Crippen LogP contribution in [0.3, 0.4) is 0 Å². The van der Waals surface area contributed by atoms with Crippen LogP contribution in [0.5, 0.6) is 0 Å². The van der Waals surface area contributed by atoms with Crippen LogP contribution < -0.4 is 0 Å². The first-order valence-corrected chi connectivity index (χ1v) is 7.94. The van der Waals surface area contributed by atoms with E-state index in [-0.39, 0.29) is 10.0 Å². The van der Waals surface area contributed by atoms with Gasteiger partial charge < -0.3 is 0 Å². The molecule has 2 heterocycles. The van der Waals surface area contributed by atoms with E-state index < -0.39 is 46.7 Å². The molecule has 0 aliphatic carbocycles. The summed E-state index contributed by atoms with van der Waals surface area (Å²) < 4.78 is 109. The Kier molecular flexibility index (Phi) is 4.86. The van der Waals surface area contributed by atoms with Gasteiger partial charge in [0, 0.05) is 0 Å². The maximum Gasteiger partial charge on any atom is 0.388 e. The smallest absolute Gasteiger partial charge is 0.247 e. The van der Waals surface area contributed by atoms with Crippen LogP contribution in [-0.4, -0.2) is 0 Å². The molecule has 2 aliphatic heterocycles. The van der Waals surface area contributed by atoms with Gasteiger partial charge in [0.1, 0.15) is 0 Å². The number of rotatable bonds is 0. The highest BCUT2D eigenvalue weighted by Crippen LogP contribution is 2.52. The lowest BCUT2D eigenvalue weighted by atomic mass is 10.1. The Morgan fingerprint density at radius 1 is 0.536 bits per heavy atom. The molecule has 0 saturated carbocycles. The fourth-order valence-corrected chi connectivity index (χ4v) is 2.89. The normalized spacial score (nSPS) is 22.1. The van der Waals surface area contributed by atoms with Crippen LogP contribution in [0.2, 0.25) is 10.0 Å². The molecule has 0 unspecified atom stereocenters. The fraction of sp³-hybridized carbons (Fsp3) is 0.250. The minimum Gasteiger partial charge on any atom is -0.247 e. The lowest BCUT2D eigenvalue weighted by Crippen LogP contribution is -2.17. The summed E-state index contributed by atoms with van der Waals surface area (Å²) in [5.41, 5.74) is -3.44. The van der Waals surface area contributed by atoms with E-state index in [0.29, 0.717) is 12.1 Å². The predicted molar refractivity (Wildman–Crippen MR) is 80.6 cm³/mol. The van der Waals surface area contributed by atoms with Crippen molar-refractivity contribution < 1.29 is 44.6 Å². The first kappa shape index (κ1) is 21.1. The monoisotopic (exact) mass is 452 g/mol. The molecule has 28 heavy (non-hydrogen) atoms. The zero-order valence-corrected chi connectivity index (χ0v) is 14.6. The van der Waals surface area contributed by atoms with Gasteiger partial charge in [-0.3, -0.25) is 0 Å². The van der Waals surface area contributed by atoms with Gasteiger partial charge in [-0.2, -0.15) is 35.1 Å². The Hall–Kier alpha value is -1.62. The van der Waals surface area contributed by atoms with E-state index in [4.69, 9.17) is 23.2 Å². The first-order valence-electron chi connectivity index (χ1n) is 7.19. The average molecular weight is 453 g/mol. The molecule has 0 atom stereocenters. The summed E-state index contributed by atoms with van der Waals surface area (Å²) in [7, 11) is 0. The molecule has 0 spiro atoms. The van der Waals surface area contributed by atoms with Crippen molar-refractivity contribution in [3.63, 3.8) is 0 Å². The van der Waals surface area contributed by atoms with Crippen LogP contribution in [-0.2, 0) is 33.9 Å². The number of alkyl halides is 8. The first-order chi connectivity index (χ1) is 12.7. The molecule has 0 saturated heterocycles. The minimum absolute atomic E-state index is 0.226. The fourth-order valence-electron chi connectivity index (χ4n) is 2.56. The molecule has 0 N–H and O–H groups in total. The van der Waals surface area contributed by atoms with Gasteiger partial charge in [0.15, 0.2) is 0 Å². The molecule has 2 aromatic rings. The zero-order valence-electron chi connectivity index (χ0n) is 13.1. The van der Waals surface area contributed by atoms with Gasteiger partial charge >= 0.3 is 24.4 Å². The summed E-state index contributed by atoms with van der Waals surface area (Å²) >= 11 is 10.9. The number of hydrogen-bond acceptors (Lipinski definition) is 2. The van der Waals surface area contributed by atoms with Crippen LogP contribution in [0.4, 0.5) is 35.1 Å². The number of ether oxygens (including phenoxy) is 2. The predicted octanol–water partition coefficient (Wildman–Crippen LogP) is 6.94. The number of halogens is 10. The van der Waals surface area contributed by atoms with Crippen molar-refractivity contribution in [3.05, 3.63) is 68.7 Å². The third kappa shape index (κ3) is 3.54. The van der Waals surface area contributed by atoms with Crippen LogP contribution in [0.15, 0.2) is 36.4 Å². The second-order valence-electron chi connectivity index (χ2n) is 5.63. The van der Waals surface area contributed by atoms with Crippen molar-refractivity contribution in [2.24, 2.45) is 0 Å². The number of benzene rings is 2. The van der Waals surface area contributed by atoms with Crippen LogP contribution in [0.1, 0.15) is 22.3 Å². The molecule has 2 nitrogen and oxygen atoms in total. The summed E-state index contributed by atoms with van der Waals surface area (Å²) in [5.74, 6) is 0. The highest BCUT2D eigenvalue weighted by atomic mass is 35.5. The highest BCUT2D eigenvalue weighted by Gasteiger charge is 2.58. The van der Waals surface area contributed by atoms with Crippen molar-refractivity contribution >= 4 is 23.2 Å². The van der Waals surface area contributed by atoms with Gasteiger partial charge in [0.05, 0.1) is 32.3 Å². The SMILES string of the molecule is FC1(F)OC(F)(F)c2cc(Cl)c(Cl)cc21.FC1(F)OC(F)(F)c2ccccc21. The Balaban J connectivity index is 0.000000162. The van der Waals surface area contributed by atoms with Crippen molar-refractivity contribution in [1.29, 1.82) is 0 Å². The molecule has 152 valence electrons. The summed E-state index contributed by atoms with van der Waals surface area (Å²) in [5, 5.41) is -0.451. The van der Waals surface area contributed by atoms with Crippen molar-refractivity contribution in [1.82, 2.24) is 0 Å². The molecule has 0 bridgehead atoms. The van der Waals surface area contributed by atoms with Gasteiger partial charge in [-0.15, -0.1) is 0 Å². The molecular weight excluding hydrogens is 447 g/mol. The minimum atomic E-state index is -4.05. The second kappa shape index (κ2) is 6.45. The third-order valence-corrected chi connectivity index (χ3v) is 4.48. The molecule has 0 aromatic heterocycles. The largest absolute Gasteiger partial charge is 0.388 e. The Labute approximate surface area is 161 Å². The Morgan fingerprint density at radius 2 is 0.821 bits per heavy atom. The van der Waals surface area contributed by atoms with E-state index in [9.17, 15) is 35.1 Å². The topological polar surface area (TPSA) is 18.5 Å². The molecule has 0 radical (unpaired) electrons. The molecule has 2 aliphatic rings. The Bertz CT molecular complexity index is 861. The van der Waals surface area contributed by atoms with E-state index in [1.165, 1.54) is 12.1 Å². The van der Waals surface area contributed by atoms with Crippen LogP contribution >= 0.6 is 23.2 Å². The van der Waals surface area contributed by atoms with Gasteiger partial charge in [-0.1, -0.05) is 35.3 Å². The van der Waals surface area contributed by atoms with Gasteiger partial charge in [-0.05, 0) is 24.3 Å². The van der Waals surface area contributed by atoms with Crippen LogP contribution in [0, 0.1) is 0 Å². The quantitative estimate of drug-likeness (QED) is 0.403.